The third-order valence-electron chi connectivity index (χ3n) is 4.26. The van der Waals surface area contributed by atoms with Crippen molar-refractivity contribution in [1.82, 2.24) is 9.88 Å². The molecule has 3 rings (SSSR count). The summed E-state index contributed by atoms with van der Waals surface area (Å²) in [6.45, 7) is 7.78. The van der Waals surface area contributed by atoms with Gasteiger partial charge in [0, 0.05) is 42.1 Å². The molecule has 0 saturated heterocycles. The molecular formula is C16H22N2. The molecule has 1 aliphatic heterocycles. The highest BCUT2D eigenvalue weighted by Crippen LogP contribution is 2.32. The summed E-state index contributed by atoms with van der Waals surface area (Å²) in [5.74, 6) is 0. The first-order valence-corrected chi connectivity index (χ1v) is 6.86. The molecule has 0 unspecified atom stereocenters. The summed E-state index contributed by atoms with van der Waals surface area (Å²) in [4.78, 5) is 0. The first-order valence-electron chi connectivity index (χ1n) is 6.86. The maximum atomic E-state index is 3.64. The second kappa shape index (κ2) is 3.86. The Morgan fingerprint density at radius 3 is 2.83 bits per heavy atom. The Labute approximate surface area is 109 Å². The molecule has 2 nitrogen and oxygen atoms in total. The van der Waals surface area contributed by atoms with Crippen LogP contribution in [0.5, 0.6) is 0 Å². The van der Waals surface area contributed by atoms with Gasteiger partial charge in [0.2, 0.25) is 0 Å². The molecule has 1 aromatic carbocycles. The SMILES string of the molecule is CCc1ccc2c(c1)c1c(n2C)CC(C)(C)NC1. The largest absolute Gasteiger partial charge is 0.347 e. The topological polar surface area (TPSA) is 17.0 Å². The quantitative estimate of drug-likeness (QED) is 0.813. The van der Waals surface area contributed by atoms with Gasteiger partial charge in [0.1, 0.15) is 0 Å². The summed E-state index contributed by atoms with van der Waals surface area (Å²) in [7, 11) is 2.20. The van der Waals surface area contributed by atoms with E-state index in [1.54, 1.807) is 0 Å². The van der Waals surface area contributed by atoms with Crippen molar-refractivity contribution in [2.24, 2.45) is 7.05 Å². The third-order valence-corrected chi connectivity index (χ3v) is 4.26. The second-order valence-corrected chi connectivity index (χ2v) is 6.10. The van der Waals surface area contributed by atoms with Crippen LogP contribution in [0, 0.1) is 0 Å². The monoisotopic (exact) mass is 242 g/mol. The van der Waals surface area contributed by atoms with Gasteiger partial charge in [-0.1, -0.05) is 13.0 Å². The van der Waals surface area contributed by atoms with Crippen LogP contribution in [0.1, 0.15) is 37.6 Å². The van der Waals surface area contributed by atoms with Crippen molar-refractivity contribution in [2.45, 2.75) is 45.7 Å². The highest BCUT2D eigenvalue weighted by Gasteiger charge is 2.28. The Kier molecular flexibility index (Phi) is 2.53. The summed E-state index contributed by atoms with van der Waals surface area (Å²) >= 11 is 0. The molecule has 2 aromatic rings. The van der Waals surface area contributed by atoms with Crippen LogP contribution in [0.25, 0.3) is 10.9 Å². The van der Waals surface area contributed by atoms with Crippen molar-refractivity contribution in [1.29, 1.82) is 0 Å². The number of rotatable bonds is 1. The first-order chi connectivity index (χ1) is 8.52. The summed E-state index contributed by atoms with van der Waals surface area (Å²) in [5.41, 5.74) is 6.02. The Balaban J connectivity index is 2.24. The summed E-state index contributed by atoms with van der Waals surface area (Å²) in [6.07, 6.45) is 2.22. The van der Waals surface area contributed by atoms with Gasteiger partial charge in [-0.3, -0.25) is 0 Å². The van der Waals surface area contributed by atoms with Crippen LogP contribution in [0.15, 0.2) is 18.2 Å². The van der Waals surface area contributed by atoms with Crippen molar-refractivity contribution >= 4 is 10.9 Å². The molecule has 0 amide bonds. The van der Waals surface area contributed by atoms with Gasteiger partial charge in [0.15, 0.2) is 0 Å². The molecule has 0 radical (unpaired) electrons. The van der Waals surface area contributed by atoms with Crippen LogP contribution in [0.2, 0.25) is 0 Å². The van der Waals surface area contributed by atoms with Crippen molar-refractivity contribution in [3.05, 3.63) is 35.0 Å². The zero-order valence-corrected chi connectivity index (χ0v) is 11.8. The maximum absolute atomic E-state index is 3.64. The van der Waals surface area contributed by atoms with E-state index >= 15 is 0 Å². The zero-order valence-electron chi connectivity index (χ0n) is 11.8. The minimum Gasteiger partial charge on any atom is -0.347 e. The fourth-order valence-corrected chi connectivity index (χ4v) is 3.07. The number of benzene rings is 1. The minimum atomic E-state index is 0.211. The van der Waals surface area contributed by atoms with E-state index in [0.29, 0.717) is 0 Å². The van der Waals surface area contributed by atoms with Crippen LogP contribution in [-0.2, 0) is 26.4 Å². The molecule has 0 saturated carbocycles. The van der Waals surface area contributed by atoms with Gasteiger partial charge >= 0.3 is 0 Å². The molecule has 0 spiro atoms. The van der Waals surface area contributed by atoms with Gasteiger partial charge in [-0.2, -0.15) is 0 Å². The fourth-order valence-electron chi connectivity index (χ4n) is 3.07. The fraction of sp³-hybridized carbons (Fsp3) is 0.500. The molecule has 0 fully saturated rings. The van der Waals surface area contributed by atoms with Gasteiger partial charge in [-0.25, -0.2) is 0 Å². The van der Waals surface area contributed by atoms with Crippen LogP contribution >= 0.6 is 0 Å². The van der Waals surface area contributed by atoms with E-state index in [1.807, 2.05) is 0 Å². The van der Waals surface area contributed by atoms with Gasteiger partial charge in [-0.05, 0) is 43.5 Å². The lowest BCUT2D eigenvalue weighted by atomic mass is 9.91. The predicted molar refractivity (Wildman–Crippen MR) is 76.9 cm³/mol. The van der Waals surface area contributed by atoms with Crippen LogP contribution in [-0.4, -0.2) is 10.1 Å². The van der Waals surface area contributed by atoms with Crippen molar-refractivity contribution in [3.63, 3.8) is 0 Å². The molecule has 96 valence electrons. The lowest BCUT2D eigenvalue weighted by Crippen LogP contribution is -2.44. The molecule has 1 N–H and O–H groups in total. The highest BCUT2D eigenvalue weighted by atomic mass is 15.0. The van der Waals surface area contributed by atoms with Crippen LogP contribution in [0.4, 0.5) is 0 Å². The van der Waals surface area contributed by atoms with E-state index in [0.717, 1.165) is 19.4 Å². The smallest absolute Gasteiger partial charge is 0.0483 e. The standard InChI is InChI=1S/C16H22N2/c1-5-11-6-7-14-12(8-11)13-10-17-16(2,3)9-15(13)18(14)4/h6-8,17H,5,9-10H2,1-4H3. The number of hydrogen-bond acceptors (Lipinski definition) is 1. The third kappa shape index (κ3) is 1.67. The van der Waals surface area contributed by atoms with Gasteiger partial charge in [0.25, 0.3) is 0 Å². The molecule has 1 aliphatic rings. The van der Waals surface area contributed by atoms with E-state index in [2.05, 4.69) is 55.9 Å². The van der Waals surface area contributed by atoms with Crippen LogP contribution in [0.3, 0.4) is 0 Å². The van der Waals surface area contributed by atoms with Crippen LogP contribution < -0.4 is 5.32 Å². The molecule has 0 aliphatic carbocycles. The second-order valence-electron chi connectivity index (χ2n) is 6.10. The lowest BCUT2D eigenvalue weighted by molar-refractivity contribution is 0.356. The molecular weight excluding hydrogens is 220 g/mol. The van der Waals surface area contributed by atoms with E-state index in [9.17, 15) is 0 Å². The molecule has 18 heavy (non-hydrogen) atoms. The van der Waals surface area contributed by atoms with Gasteiger partial charge in [0.05, 0.1) is 0 Å². The van der Waals surface area contributed by atoms with Crippen molar-refractivity contribution < 1.29 is 0 Å². The number of nitrogens with zero attached hydrogens (tertiary/aromatic N) is 1. The minimum absolute atomic E-state index is 0.211. The van der Waals surface area contributed by atoms with E-state index in [-0.39, 0.29) is 5.54 Å². The Morgan fingerprint density at radius 1 is 1.33 bits per heavy atom. The number of nitrogens with one attached hydrogen (secondary N) is 1. The Hall–Kier alpha value is -1.28. The predicted octanol–water partition coefficient (Wildman–Crippen LogP) is 3.17. The number of hydrogen-bond donors (Lipinski definition) is 1. The molecule has 0 atom stereocenters. The average Bonchev–Trinajstić information content (AvgIpc) is 2.61. The van der Waals surface area contributed by atoms with Gasteiger partial charge in [-0.15, -0.1) is 0 Å². The molecule has 1 aromatic heterocycles. The normalized spacial score (nSPS) is 18.0. The summed E-state index contributed by atoms with van der Waals surface area (Å²) in [5, 5.41) is 5.08. The van der Waals surface area contributed by atoms with E-state index < -0.39 is 0 Å². The highest BCUT2D eigenvalue weighted by molar-refractivity contribution is 5.86. The van der Waals surface area contributed by atoms with Gasteiger partial charge < -0.3 is 9.88 Å². The summed E-state index contributed by atoms with van der Waals surface area (Å²) in [6, 6.07) is 6.90. The molecule has 2 heterocycles. The van der Waals surface area contributed by atoms with E-state index in [4.69, 9.17) is 0 Å². The lowest BCUT2D eigenvalue weighted by Gasteiger charge is -2.32. The van der Waals surface area contributed by atoms with Crippen molar-refractivity contribution in [3.8, 4) is 0 Å². The summed E-state index contributed by atoms with van der Waals surface area (Å²) < 4.78 is 2.38. The average molecular weight is 242 g/mol. The maximum Gasteiger partial charge on any atom is 0.0483 e. The molecule has 0 bridgehead atoms. The molecule has 2 heteroatoms. The zero-order chi connectivity index (χ0) is 12.9. The number of fused-ring (bicyclic) bond motifs is 3. The van der Waals surface area contributed by atoms with E-state index in [1.165, 1.54) is 27.7 Å². The Morgan fingerprint density at radius 2 is 2.11 bits per heavy atom. The number of aromatic nitrogens is 1. The number of aryl methyl sites for hydroxylation is 2. The van der Waals surface area contributed by atoms with Crippen molar-refractivity contribution in [2.75, 3.05) is 0 Å². The first kappa shape index (κ1) is 11.8. The Bertz CT molecular complexity index is 605.